The van der Waals surface area contributed by atoms with Crippen LogP contribution in [-0.4, -0.2) is 20.1 Å². The van der Waals surface area contributed by atoms with Gasteiger partial charge in [0.15, 0.2) is 0 Å². The van der Waals surface area contributed by atoms with Gasteiger partial charge in [-0.05, 0) is 60.1 Å². The summed E-state index contributed by atoms with van der Waals surface area (Å²) in [7, 11) is 0. The van der Waals surface area contributed by atoms with E-state index in [0.717, 1.165) is 23.9 Å². The first kappa shape index (κ1) is 17.7. The van der Waals surface area contributed by atoms with Crippen LogP contribution >= 0.6 is 11.6 Å². The van der Waals surface area contributed by atoms with Crippen molar-refractivity contribution >= 4 is 22.6 Å². The summed E-state index contributed by atoms with van der Waals surface area (Å²) in [5.74, 6) is 0.927. The Morgan fingerprint density at radius 1 is 1.00 bits per heavy atom. The molecule has 2 atom stereocenters. The zero-order valence-electron chi connectivity index (χ0n) is 15.1. The minimum absolute atomic E-state index is 0.257. The summed E-state index contributed by atoms with van der Waals surface area (Å²) >= 11 is 6.05. The smallest absolute Gasteiger partial charge is 0.146 e. The Labute approximate surface area is 153 Å². The lowest BCUT2D eigenvalue weighted by Gasteiger charge is -2.18. The maximum Gasteiger partial charge on any atom is 0.146 e. The van der Waals surface area contributed by atoms with E-state index in [-0.39, 0.29) is 11.7 Å². The van der Waals surface area contributed by atoms with Gasteiger partial charge in [-0.25, -0.2) is 0 Å². The van der Waals surface area contributed by atoms with Gasteiger partial charge in [0.05, 0.1) is 0 Å². The van der Waals surface area contributed by atoms with Crippen LogP contribution < -0.4 is 0 Å². The number of phenolic OH excluding ortho intramolecular Hbond substituents is 1. The van der Waals surface area contributed by atoms with Crippen LogP contribution in [-0.2, 0) is 0 Å². The summed E-state index contributed by atoms with van der Waals surface area (Å²) in [6, 6.07) is 9.54. The third kappa shape index (κ3) is 3.36. The fourth-order valence-electron chi connectivity index (χ4n) is 2.93. The molecule has 1 aromatic heterocycles. The van der Waals surface area contributed by atoms with E-state index in [1.807, 2.05) is 12.1 Å². The van der Waals surface area contributed by atoms with E-state index in [9.17, 15) is 5.11 Å². The lowest BCUT2D eigenvalue weighted by molar-refractivity contribution is 0.454. The van der Waals surface area contributed by atoms with E-state index in [4.69, 9.17) is 11.6 Å². The van der Waals surface area contributed by atoms with Crippen LogP contribution in [0.1, 0.15) is 63.5 Å². The fourth-order valence-corrected chi connectivity index (χ4v) is 3.09. The molecule has 25 heavy (non-hydrogen) atoms. The number of benzene rings is 2. The molecule has 0 amide bonds. The molecule has 0 fully saturated rings. The first-order valence-corrected chi connectivity index (χ1v) is 9.22. The number of hydrogen-bond donors (Lipinski definition) is 1. The van der Waals surface area contributed by atoms with Crippen molar-refractivity contribution in [2.45, 2.75) is 52.4 Å². The first-order valence-electron chi connectivity index (χ1n) is 8.84. The number of fused-ring (bicyclic) bond motifs is 1. The Morgan fingerprint density at radius 2 is 1.68 bits per heavy atom. The van der Waals surface area contributed by atoms with E-state index in [0.29, 0.717) is 22.1 Å². The third-order valence-corrected chi connectivity index (χ3v) is 5.26. The van der Waals surface area contributed by atoms with E-state index < -0.39 is 0 Å². The molecule has 0 aliphatic heterocycles. The molecule has 1 heterocycles. The molecule has 3 rings (SSSR count). The summed E-state index contributed by atoms with van der Waals surface area (Å²) in [5, 5.41) is 20.5. The lowest BCUT2D eigenvalue weighted by atomic mass is 9.90. The van der Waals surface area contributed by atoms with Gasteiger partial charge in [-0.3, -0.25) is 0 Å². The topological polar surface area (TPSA) is 50.9 Å². The predicted molar refractivity (Wildman–Crippen MR) is 103 cm³/mol. The molecule has 0 radical (unpaired) electrons. The number of phenols is 1. The largest absolute Gasteiger partial charge is 0.505 e. The maximum absolute atomic E-state index is 10.9. The van der Waals surface area contributed by atoms with Gasteiger partial charge in [0.2, 0.25) is 0 Å². The predicted octanol–water partition coefficient (Wildman–Crippen LogP) is 5.81. The van der Waals surface area contributed by atoms with Crippen molar-refractivity contribution in [1.29, 1.82) is 0 Å². The molecule has 0 aliphatic rings. The van der Waals surface area contributed by atoms with E-state index in [2.05, 4.69) is 44.0 Å². The Kier molecular flexibility index (Phi) is 5.00. The summed E-state index contributed by atoms with van der Waals surface area (Å²) in [6.07, 6.45) is 2.00. The van der Waals surface area contributed by atoms with Crippen molar-refractivity contribution in [3.8, 4) is 11.4 Å². The monoisotopic (exact) mass is 357 g/mol. The van der Waals surface area contributed by atoms with Gasteiger partial charge >= 0.3 is 0 Å². The van der Waals surface area contributed by atoms with Crippen LogP contribution in [0.2, 0.25) is 5.02 Å². The van der Waals surface area contributed by atoms with Crippen molar-refractivity contribution in [2.24, 2.45) is 0 Å². The molecule has 4 nitrogen and oxygen atoms in total. The van der Waals surface area contributed by atoms with E-state index in [1.165, 1.54) is 10.4 Å². The molecule has 2 unspecified atom stereocenters. The average molecular weight is 358 g/mol. The quantitative estimate of drug-likeness (QED) is 0.627. The van der Waals surface area contributed by atoms with Gasteiger partial charge in [0.1, 0.15) is 22.5 Å². The van der Waals surface area contributed by atoms with E-state index in [1.54, 1.807) is 12.1 Å². The molecular formula is C20H24ClN3O. The van der Waals surface area contributed by atoms with Crippen LogP contribution in [0.5, 0.6) is 5.75 Å². The number of aromatic nitrogens is 3. The lowest BCUT2D eigenvalue weighted by Crippen LogP contribution is -2.05. The van der Waals surface area contributed by atoms with Crippen molar-refractivity contribution in [2.75, 3.05) is 0 Å². The van der Waals surface area contributed by atoms with Gasteiger partial charge in [0.25, 0.3) is 0 Å². The minimum atomic E-state index is 0.257. The van der Waals surface area contributed by atoms with Gasteiger partial charge in [-0.2, -0.15) is 0 Å². The van der Waals surface area contributed by atoms with Crippen molar-refractivity contribution < 1.29 is 5.11 Å². The van der Waals surface area contributed by atoms with Gasteiger partial charge in [-0.15, -0.1) is 15.0 Å². The summed E-state index contributed by atoms with van der Waals surface area (Å²) in [4.78, 5) is 1.52. The van der Waals surface area contributed by atoms with Crippen molar-refractivity contribution in [3.63, 3.8) is 0 Å². The molecule has 1 N–H and O–H groups in total. The summed E-state index contributed by atoms with van der Waals surface area (Å²) in [6.45, 7) is 8.63. The fraction of sp³-hybridized carbons (Fsp3) is 0.400. The second kappa shape index (κ2) is 7.04. The Balaban J connectivity index is 2.21. The van der Waals surface area contributed by atoms with Crippen molar-refractivity contribution in [3.05, 3.63) is 46.5 Å². The highest BCUT2D eigenvalue weighted by Crippen LogP contribution is 2.37. The first-order chi connectivity index (χ1) is 11.9. The Bertz CT molecular complexity index is 903. The van der Waals surface area contributed by atoms with Crippen molar-refractivity contribution in [1.82, 2.24) is 15.0 Å². The highest BCUT2D eigenvalue weighted by molar-refractivity contribution is 6.31. The zero-order chi connectivity index (χ0) is 18.1. The number of hydrogen-bond acceptors (Lipinski definition) is 3. The van der Waals surface area contributed by atoms with E-state index >= 15 is 0 Å². The third-order valence-electron chi connectivity index (χ3n) is 5.02. The molecule has 132 valence electrons. The Hall–Kier alpha value is -2.07. The number of nitrogens with zero attached hydrogens (tertiary/aromatic N) is 3. The zero-order valence-corrected chi connectivity index (χ0v) is 15.9. The molecule has 0 spiro atoms. The number of halogens is 1. The van der Waals surface area contributed by atoms with Gasteiger partial charge < -0.3 is 5.11 Å². The maximum atomic E-state index is 10.9. The van der Waals surface area contributed by atoms with Crippen LogP contribution in [0.4, 0.5) is 0 Å². The molecule has 3 aromatic rings. The summed E-state index contributed by atoms with van der Waals surface area (Å²) < 4.78 is 0. The molecule has 0 bridgehead atoms. The van der Waals surface area contributed by atoms with Gasteiger partial charge in [0, 0.05) is 5.02 Å². The standard InChI is InChI=1S/C20H24ClN3O/c1-5-12(3)14-9-16(13(4)6-2)20(25)19(10-14)24-22-17-8-7-15(21)11-18(17)23-24/h7-13,25H,5-6H2,1-4H3. The Morgan fingerprint density at radius 3 is 2.36 bits per heavy atom. The molecular weight excluding hydrogens is 334 g/mol. The minimum Gasteiger partial charge on any atom is -0.505 e. The molecule has 2 aromatic carbocycles. The van der Waals surface area contributed by atoms with Crippen LogP contribution in [0, 0.1) is 0 Å². The molecule has 0 saturated heterocycles. The second-order valence-electron chi connectivity index (χ2n) is 6.72. The second-order valence-corrected chi connectivity index (χ2v) is 7.16. The highest BCUT2D eigenvalue weighted by Gasteiger charge is 2.19. The van der Waals surface area contributed by atoms with Crippen LogP contribution in [0.3, 0.4) is 0 Å². The normalized spacial score (nSPS) is 14.0. The number of aromatic hydroxyl groups is 1. The van der Waals surface area contributed by atoms with Gasteiger partial charge in [-0.1, -0.05) is 45.4 Å². The van der Waals surface area contributed by atoms with Crippen LogP contribution in [0.15, 0.2) is 30.3 Å². The molecule has 5 heteroatoms. The SMILES string of the molecule is CCC(C)c1cc(C(C)CC)c(O)c(-n2nc3ccc(Cl)cc3n2)c1. The average Bonchev–Trinajstić information content (AvgIpc) is 3.03. The summed E-state index contributed by atoms with van der Waals surface area (Å²) in [5.41, 5.74) is 4.24. The van der Waals surface area contributed by atoms with Crippen LogP contribution in [0.25, 0.3) is 16.7 Å². The molecule has 0 aliphatic carbocycles. The number of rotatable bonds is 5. The molecule has 0 saturated carbocycles. The highest BCUT2D eigenvalue weighted by atomic mass is 35.5.